The zero-order valence-electron chi connectivity index (χ0n) is 10.7. The molecule has 19 heavy (non-hydrogen) atoms. The molecule has 1 aromatic rings. The minimum absolute atomic E-state index is 0.256. The molecule has 0 aliphatic carbocycles. The highest BCUT2D eigenvalue weighted by Crippen LogP contribution is 2.32. The van der Waals surface area contributed by atoms with Gasteiger partial charge in [0.15, 0.2) is 11.5 Å². The first-order valence-electron chi connectivity index (χ1n) is 5.65. The van der Waals surface area contributed by atoms with Crippen LogP contribution in [0.25, 0.3) is 6.08 Å². The van der Waals surface area contributed by atoms with Crippen molar-refractivity contribution in [2.24, 2.45) is 5.10 Å². The van der Waals surface area contributed by atoms with Crippen molar-refractivity contribution in [1.29, 1.82) is 0 Å². The summed E-state index contributed by atoms with van der Waals surface area (Å²) in [5.41, 5.74) is 3.84. The Labute approximate surface area is 110 Å². The van der Waals surface area contributed by atoms with E-state index in [9.17, 15) is 4.79 Å². The molecule has 1 aliphatic heterocycles. The van der Waals surface area contributed by atoms with E-state index in [0.29, 0.717) is 5.71 Å². The summed E-state index contributed by atoms with van der Waals surface area (Å²) in [4.78, 5) is 10.8. The molecule has 1 heterocycles. The molecule has 0 fully saturated rings. The molecule has 100 valence electrons. The van der Waals surface area contributed by atoms with E-state index in [0.717, 1.165) is 17.1 Å². The van der Waals surface area contributed by atoms with Crippen LogP contribution in [0, 0.1) is 0 Å². The maximum atomic E-state index is 10.8. The number of nitrogens with zero attached hydrogens (tertiary/aromatic N) is 1. The van der Waals surface area contributed by atoms with Crippen LogP contribution in [0.2, 0.25) is 0 Å². The van der Waals surface area contributed by atoms with Crippen molar-refractivity contribution in [2.45, 2.75) is 6.92 Å². The Bertz CT molecular complexity index is 537. The minimum atomic E-state index is -0.601. The van der Waals surface area contributed by atoms with E-state index in [-0.39, 0.29) is 6.79 Å². The number of rotatable bonds is 3. The van der Waals surface area contributed by atoms with Crippen LogP contribution in [-0.4, -0.2) is 25.7 Å². The second kappa shape index (κ2) is 5.90. The number of hydrogen-bond donors (Lipinski definition) is 1. The number of hydrogen-bond acceptors (Lipinski definition) is 5. The summed E-state index contributed by atoms with van der Waals surface area (Å²) in [7, 11) is 1.28. The predicted octanol–water partition coefficient (Wildman–Crippen LogP) is 2.16. The van der Waals surface area contributed by atoms with E-state index >= 15 is 0 Å². The van der Waals surface area contributed by atoms with Gasteiger partial charge in [-0.3, -0.25) is 0 Å². The van der Waals surface area contributed by atoms with Gasteiger partial charge in [0, 0.05) is 0 Å². The van der Waals surface area contributed by atoms with Gasteiger partial charge in [-0.25, -0.2) is 10.2 Å². The van der Waals surface area contributed by atoms with Gasteiger partial charge in [-0.1, -0.05) is 12.1 Å². The van der Waals surface area contributed by atoms with Gasteiger partial charge in [0.05, 0.1) is 12.8 Å². The van der Waals surface area contributed by atoms with Crippen molar-refractivity contribution < 1.29 is 19.0 Å². The highest BCUT2D eigenvalue weighted by Gasteiger charge is 2.11. The molecule has 0 bridgehead atoms. The Morgan fingerprint density at radius 3 is 3.00 bits per heavy atom. The number of allylic oxidation sites excluding steroid dienone is 1. The summed E-state index contributed by atoms with van der Waals surface area (Å²) in [6.45, 7) is 2.02. The fraction of sp³-hybridized carbons (Fsp3) is 0.231. The Kier molecular flexibility index (Phi) is 4.02. The lowest BCUT2D eigenvalue weighted by Crippen LogP contribution is -2.17. The van der Waals surface area contributed by atoms with Crippen molar-refractivity contribution in [3.05, 3.63) is 29.8 Å². The summed E-state index contributed by atoms with van der Waals surface area (Å²) in [6.07, 6.45) is 3.03. The Balaban J connectivity index is 2.00. The molecule has 0 aromatic heterocycles. The van der Waals surface area contributed by atoms with Crippen molar-refractivity contribution in [3.8, 4) is 11.5 Å². The number of nitrogens with one attached hydrogen (secondary N) is 1. The average molecular weight is 262 g/mol. The molecule has 6 heteroatoms. The molecule has 1 amide bonds. The highest BCUT2D eigenvalue weighted by atomic mass is 16.7. The molecule has 0 saturated carbocycles. The molecular weight excluding hydrogens is 248 g/mol. The van der Waals surface area contributed by atoms with Crippen molar-refractivity contribution >= 4 is 17.9 Å². The van der Waals surface area contributed by atoms with Crippen LogP contribution >= 0.6 is 0 Å². The lowest BCUT2D eigenvalue weighted by molar-refractivity contribution is 0.171. The van der Waals surface area contributed by atoms with Crippen LogP contribution in [0.3, 0.4) is 0 Å². The third-order valence-electron chi connectivity index (χ3n) is 2.42. The summed E-state index contributed by atoms with van der Waals surface area (Å²) < 4.78 is 14.9. The SMILES string of the molecule is COC(=O)N/N=C(C)/C=C/c1ccc2c(c1)OCO2. The van der Waals surface area contributed by atoms with E-state index in [1.807, 2.05) is 24.3 Å². The maximum Gasteiger partial charge on any atom is 0.427 e. The highest BCUT2D eigenvalue weighted by molar-refractivity contribution is 5.96. The monoisotopic (exact) mass is 262 g/mol. The Morgan fingerprint density at radius 1 is 1.42 bits per heavy atom. The Morgan fingerprint density at radius 2 is 2.21 bits per heavy atom. The van der Waals surface area contributed by atoms with Gasteiger partial charge in [0.1, 0.15) is 0 Å². The molecule has 0 saturated heterocycles. The second-order valence-electron chi connectivity index (χ2n) is 3.80. The van der Waals surface area contributed by atoms with Gasteiger partial charge in [-0.15, -0.1) is 0 Å². The minimum Gasteiger partial charge on any atom is -0.454 e. The maximum absolute atomic E-state index is 10.8. The number of ether oxygens (including phenoxy) is 3. The largest absolute Gasteiger partial charge is 0.454 e. The zero-order chi connectivity index (χ0) is 13.7. The lowest BCUT2D eigenvalue weighted by Gasteiger charge is -1.98. The van der Waals surface area contributed by atoms with Crippen molar-refractivity contribution in [3.63, 3.8) is 0 Å². The average Bonchev–Trinajstić information content (AvgIpc) is 2.89. The van der Waals surface area contributed by atoms with Crippen molar-refractivity contribution in [2.75, 3.05) is 13.9 Å². The molecule has 0 unspecified atom stereocenters. The van der Waals surface area contributed by atoms with Crippen LogP contribution in [0.1, 0.15) is 12.5 Å². The molecule has 0 atom stereocenters. The van der Waals surface area contributed by atoms with E-state index in [1.165, 1.54) is 7.11 Å². The van der Waals surface area contributed by atoms with Gasteiger partial charge in [0.25, 0.3) is 0 Å². The first kappa shape index (κ1) is 12.9. The molecule has 1 aromatic carbocycles. The Hall–Kier alpha value is -2.50. The summed E-state index contributed by atoms with van der Waals surface area (Å²) in [5, 5.41) is 3.83. The third-order valence-corrected chi connectivity index (χ3v) is 2.42. The number of hydrazone groups is 1. The lowest BCUT2D eigenvalue weighted by atomic mass is 10.2. The van der Waals surface area contributed by atoms with Gasteiger partial charge in [-0.05, 0) is 30.7 Å². The third kappa shape index (κ3) is 3.48. The normalized spacial score (nSPS) is 13.7. The number of methoxy groups -OCH3 is 1. The summed E-state index contributed by atoms with van der Waals surface area (Å²) in [5.74, 6) is 1.47. The zero-order valence-corrected chi connectivity index (χ0v) is 10.7. The van der Waals surface area contributed by atoms with Gasteiger partial charge in [-0.2, -0.15) is 5.10 Å². The number of benzene rings is 1. The molecule has 2 rings (SSSR count). The smallest absolute Gasteiger partial charge is 0.427 e. The molecule has 1 N–H and O–H groups in total. The topological polar surface area (TPSA) is 69.2 Å². The van der Waals surface area contributed by atoms with Gasteiger partial charge < -0.3 is 14.2 Å². The number of carbonyl (C=O) groups is 1. The summed E-state index contributed by atoms with van der Waals surface area (Å²) in [6, 6.07) is 5.63. The van der Waals surface area contributed by atoms with Crippen LogP contribution in [0.15, 0.2) is 29.4 Å². The first-order valence-corrected chi connectivity index (χ1v) is 5.65. The first-order chi connectivity index (χ1) is 9.19. The number of carbonyl (C=O) groups excluding carboxylic acids is 1. The van der Waals surface area contributed by atoms with Crippen LogP contribution in [0.5, 0.6) is 11.5 Å². The number of amides is 1. The molecule has 6 nitrogen and oxygen atoms in total. The molecule has 0 spiro atoms. The standard InChI is InChI=1S/C13H14N2O4/c1-9(14-15-13(16)17-2)3-4-10-5-6-11-12(7-10)19-8-18-11/h3-7H,8H2,1-2H3,(H,15,16)/b4-3+,14-9+. The van der Waals surface area contributed by atoms with Crippen molar-refractivity contribution in [1.82, 2.24) is 5.43 Å². The van der Waals surface area contributed by atoms with Gasteiger partial charge >= 0.3 is 6.09 Å². The molecular formula is C13H14N2O4. The van der Waals surface area contributed by atoms with E-state index in [1.54, 1.807) is 13.0 Å². The van der Waals surface area contributed by atoms with E-state index in [2.05, 4.69) is 15.3 Å². The fourth-order valence-corrected chi connectivity index (χ4v) is 1.45. The second-order valence-corrected chi connectivity index (χ2v) is 3.80. The predicted molar refractivity (Wildman–Crippen MR) is 70.2 cm³/mol. The molecule has 1 aliphatic rings. The van der Waals surface area contributed by atoms with Crippen LogP contribution < -0.4 is 14.9 Å². The molecule has 0 radical (unpaired) electrons. The van der Waals surface area contributed by atoms with E-state index < -0.39 is 6.09 Å². The quantitative estimate of drug-likeness (QED) is 0.669. The van der Waals surface area contributed by atoms with E-state index in [4.69, 9.17) is 9.47 Å². The van der Waals surface area contributed by atoms with Crippen LogP contribution in [-0.2, 0) is 4.74 Å². The summed E-state index contributed by atoms with van der Waals surface area (Å²) >= 11 is 0. The van der Waals surface area contributed by atoms with Gasteiger partial charge in [0.2, 0.25) is 6.79 Å². The number of fused-ring (bicyclic) bond motifs is 1. The fourth-order valence-electron chi connectivity index (χ4n) is 1.45. The van der Waals surface area contributed by atoms with Crippen LogP contribution in [0.4, 0.5) is 4.79 Å².